The Balaban J connectivity index is 1.33. The number of rotatable bonds is 8. The largest absolute Gasteiger partial charge is 0.490 e. The van der Waals surface area contributed by atoms with Crippen LogP contribution in [0.15, 0.2) is 59.1 Å². The number of fused-ring (bicyclic) bond motifs is 4. The number of nitrogens with one attached hydrogen (secondary N) is 1. The minimum absolute atomic E-state index is 0.0662. The zero-order valence-electron chi connectivity index (χ0n) is 33.0. The standard InChI is InChI=1S/C42H54ClN5O7S/c1-6-7-19-54-36-16-17-37(52-4)32-13-10-30(32)22-48-25-42(18-8-9-28-20-31(43)12-14-34(28)42)26-55-38-15-11-29(21-35(38)48)39(49)45-56(51,24-27(36)2)46-40(50)33-23-47(3)44-41(33)53-5/h11-12,14-17,20-21,23,27,30,32,36-37H,6-10,13,18-19,22,24-26H2,1-5H3,(H,45,46,49,50,51)/b17-16+/t27-,30+,32-,36+,37+,42+,56+/m1/s1. The normalized spacial score (nSPS) is 29.5. The zero-order chi connectivity index (χ0) is 39.6. The van der Waals surface area contributed by atoms with Gasteiger partial charge < -0.3 is 23.8 Å². The SMILES string of the molecule is CCCCO[C@H]1/C=C/[C@H](OC)[C@@H]2CC[C@H]2CN2C[C@@]3(CCCc4cc(Cl)ccc43)COc3ccc(cc32)C(=O)N=[S@](=O)(NC(=O)c2cn(C)nc2OC)C[C@H]1C. The maximum absolute atomic E-state index is 15.0. The molecule has 2 bridgehead atoms. The lowest BCUT2D eigenvalue weighted by Crippen LogP contribution is -2.49. The number of aromatic nitrogens is 2. The molecule has 14 heteroatoms. The molecule has 1 spiro atoms. The van der Waals surface area contributed by atoms with E-state index >= 15 is 0 Å². The van der Waals surface area contributed by atoms with Gasteiger partial charge in [-0.25, -0.2) is 4.21 Å². The van der Waals surface area contributed by atoms with Gasteiger partial charge in [-0.3, -0.25) is 19.0 Å². The number of ether oxygens (including phenoxy) is 4. The van der Waals surface area contributed by atoms with E-state index < -0.39 is 33.8 Å². The topological polar surface area (TPSA) is 134 Å². The number of aryl methyl sites for hydroxylation is 2. The third-order valence-corrected chi connectivity index (χ3v) is 14.2. The van der Waals surface area contributed by atoms with Gasteiger partial charge in [0, 0.05) is 62.0 Å². The van der Waals surface area contributed by atoms with Crippen LogP contribution in [0.5, 0.6) is 11.6 Å². The molecular weight excluding hydrogens is 754 g/mol. The van der Waals surface area contributed by atoms with E-state index in [-0.39, 0.29) is 40.2 Å². The van der Waals surface area contributed by atoms with Crippen molar-refractivity contribution < 1.29 is 32.7 Å². The van der Waals surface area contributed by atoms with Crippen LogP contribution in [0.3, 0.4) is 0 Å². The zero-order valence-corrected chi connectivity index (χ0v) is 34.6. The third-order valence-electron chi connectivity index (χ3n) is 12.0. The van der Waals surface area contributed by atoms with Gasteiger partial charge in [0.05, 0.1) is 37.4 Å². The molecular formula is C42H54ClN5O7S. The van der Waals surface area contributed by atoms with E-state index in [1.54, 1.807) is 20.2 Å². The maximum atomic E-state index is 15.0. The number of anilines is 1. The highest BCUT2D eigenvalue weighted by atomic mass is 35.5. The van der Waals surface area contributed by atoms with Crippen molar-refractivity contribution in [2.24, 2.45) is 29.2 Å². The number of hydrogen-bond donors (Lipinski definition) is 1. The smallest absolute Gasteiger partial charge is 0.286 e. The quantitative estimate of drug-likeness (QED) is 0.190. The molecule has 3 aromatic rings. The number of nitrogens with zero attached hydrogens (tertiary/aromatic N) is 4. The summed E-state index contributed by atoms with van der Waals surface area (Å²) in [6.07, 6.45) is 11.7. The van der Waals surface area contributed by atoms with Gasteiger partial charge in [-0.05, 0) is 91.8 Å². The Morgan fingerprint density at radius 3 is 2.71 bits per heavy atom. The molecule has 2 amide bonds. The molecule has 56 heavy (non-hydrogen) atoms. The van der Waals surface area contributed by atoms with Crippen molar-refractivity contribution in [3.05, 3.63) is 82.0 Å². The van der Waals surface area contributed by atoms with Crippen molar-refractivity contribution in [2.75, 3.05) is 51.2 Å². The van der Waals surface area contributed by atoms with E-state index in [1.165, 1.54) is 29.1 Å². The number of unbranched alkanes of at least 4 members (excludes halogenated alkanes) is 1. The van der Waals surface area contributed by atoms with Crippen LogP contribution in [0.2, 0.25) is 5.02 Å². The van der Waals surface area contributed by atoms with Crippen molar-refractivity contribution in [1.29, 1.82) is 0 Å². The fourth-order valence-corrected chi connectivity index (χ4v) is 11.0. The molecule has 1 aromatic heterocycles. The van der Waals surface area contributed by atoms with Crippen LogP contribution in [0, 0.1) is 17.8 Å². The monoisotopic (exact) mass is 807 g/mol. The van der Waals surface area contributed by atoms with Crippen LogP contribution in [-0.4, -0.2) is 84.3 Å². The molecule has 2 aliphatic carbocycles. The molecule has 3 heterocycles. The molecule has 302 valence electrons. The van der Waals surface area contributed by atoms with E-state index in [1.807, 2.05) is 31.2 Å². The van der Waals surface area contributed by atoms with E-state index in [2.05, 4.69) is 44.2 Å². The molecule has 7 rings (SSSR count). The highest BCUT2D eigenvalue weighted by molar-refractivity contribution is 7.92. The first kappa shape index (κ1) is 40.3. The number of benzene rings is 2. The molecule has 7 atom stereocenters. The first-order chi connectivity index (χ1) is 26.9. The Hall–Kier alpha value is -3.91. The molecule has 2 aliphatic heterocycles. The second-order valence-corrected chi connectivity index (χ2v) is 18.3. The van der Waals surface area contributed by atoms with Crippen molar-refractivity contribution in [2.45, 2.75) is 76.4 Å². The van der Waals surface area contributed by atoms with Crippen molar-refractivity contribution >= 4 is 39.0 Å². The first-order valence-electron chi connectivity index (χ1n) is 19.8. The average molecular weight is 808 g/mol. The van der Waals surface area contributed by atoms with Crippen LogP contribution < -0.4 is 19.1 Å². The summed E-state index contributed by atoms with van der Waals surface area (Å²) in [6, 6.07) is 11.5. The summed E-state index contributed by atoms with van der Waals surface area (Å²) in [5.74, 6) is -0.645. The van der Waals surface area contributed by atoms with E-state index in [0.717, 1.165) is 62.2 Å². The van der Waals surface area contributed by atoms with Crippen molar-refractivity contribution in [1.82, 2.24) is 14.5 Å². The maximum Gasteiger partial charge on any atom is 0.286 e. The van der Waals surface area contributed by atoms with Gasteiger partial charge in [-0.1, -0.05) is 50.1 Å². The molecule has 4 aliphatic rings. The van der Waals surface area contributed by atoms with Gasteiger partial charge >= 0.3 is 0 Å². The molecule has 12 nitrogen and oxygen atoms in total. The minimum atomic E-state index is -3.74. The summed E-state index contributed by atoms with van der Waals surface area (Å²) in [4.78, 5) is 30.4. The van der Waals surface area contributed by atoms with Gasteiger partial charge in [0.25, 0.3) is 11.8 Å². The van der Waals surface area contributed by atoms with Gasteiger partial charge in [-0.2, -0.15) is 0 Å². The van der Waals surface area contributed by atoms with Gasteiger partial charge in [0.1, 0.15) is 21.2 Å². The highest BCUT2D eigenvalue weighted by Crippen LogP contribution is 2.47. The summed E-state index contributed by atoms with van der Waals surface area (Å²) in [7, 11) is 1.07. The Kier molecular flexibility index (Phi) is 12.2. The van der Waals surface area contributed by atoms with Crippen LogP contribution in [0.1, 0.15) is 84.2 Å². The summed E-state index contributed by atoms with van der Waals surface area (Å²) >= 11 is 6.49. The van der Waals surface area contributed by atoms with Crippen LogP contribution in [0.4, 0.5) is 5.69 Å². The summed E-state index contributed by atoms with van der Waals surface area (Å²) in [5.41, 5.74) is 3.33. The molecule has 0 unspecified atom stereocenters. The molecule has 2 aromatic carbocycles. The molecule has 0 saturated heterocycles. The fourth-order valence-electron chi connectivity index (χ4n) is 8.89. The number of amides is 2. The Labute approximate surface area is 335 Å². The highest BCUT2D eigenvalue weighted by Gasteiger charge is 2.44. The van der Waals surface area contributed by atoms with Crippen LogP contribution in [-0.2, 0) is 38.3 Å². The summed E-state index contributed by atoms with van der Waals surface area (Å²) < 4.78 is 48.0. The summed E-state index contributed by atoms with van der Waals surface area (Å²) in [5, 5.41) is 4.91. The number of carbonyl (C=O) groups is 2. The fraction of sp³-hybridized carbons (Fsp3) is 0.548. The average Bonchev–Trinajstić information content (AvgIpc) is 3.48. The number of carbonyl (C=O) groups excluding carboxylic acids is 2. The lowest BCUT2D eigenvalue weighted by Gasteiger charge is -2.46. The summed E-state index contributed by atoms with van der Waals surface area (Å²) in [6.45, 7) is 6.40. The molecule has 0 radical (unpaired) electrons. The lowest BCUT2D eigenvalue weighted by molar-refractivity contribution is 0.0108. The van der Waals surface area contributed by atoms with E-state index in [9.17, 15) is 13.8 Å². The second kappa shape index (κ2) is 16.9. The number of methoxy groups -OCH3 is 2. The Morgan fingerprint density at radius 2 is 1.96 bits per heavy atom. The minimum Gasteiger partial charge on any atom is -0.490 e. The van der Waals surface area contributed by atoms with Crippen LogP contribution in [0.25, 0.3) is 0 Å². The molecule has 1 fully saturated rings. The number of hydrogen-bond acceptors (Lipinski definition) is 9. The van der Waals surface area contributed by atoms with Crippen molar-refractivity contribution in [3.63, 3.8) is 0 Å². The Bertz CT molecular complexity index is 2100. The third kappa shape index (κ3) is 8.37. The lowest BCUT2D eigenvalue weighted by atomic mass is 9.68. The predicted octanol–water partition coefficient (Wildman–Crippen LogP) is 6.94. The van der Waals surface area contributed by atoms with E-state index in [0.29, 0.717) is 31.4 Å². The first-order valence-corrected chi connectivity index (χ1v) is 21.8. The van der Waals surface area contributed by atoms with Crippen LogP contribution >= 0.6 is 11.6 Å². The second-order valence-electron chi connectivity index (χ2n) is 15.9. The van der Waals surface area contributed by atoms with Gasteiger partial charge in [0.2, 0.25) is 5.88 Å². The number of halogens is 1. The predicted molar refractivity (Wildman–Crippen MR) is 217 cm³/mol. The van der Waals surface area contributed by atoms with Gasteiger partial charge in [-0.15, -0.1) is 9.46 Å². The van der Waals surface area contributed by atoms with Crippen molar-refractivity contribution in [3.8, 4) is 11.6 Å². The molecule has 1 saturated carbocycles. The molecule has 1 N–H and O–H groups in total. The van der Waals surface area contributed by atoms with Gasteiger partial charge in [0.15, 0.2) is 0 Å². The van der Waals surface area contributed by atoms with E-state index in [4.69, 9.17) is 30.5 Å². The Morgan fingerprint density at radius 1 is 1.14 bits per heavy atom.